The maximum absolute atomic E-state index is 12.9. The Kier molecular flexibility index (Phi) is 7.30. The molecule has 0 aliphatic carbocycles. The molecule has 0 spiro atoms. The first-order valence-electron chi connectivity index (χ1n) is 10.1. The molecule has 0 saturated heterocycles. The standard InChI is InChI=1S/C25H24N4O2.ClH/c1-29(22(30)15-16-26)19-13-11-18(12-14-19)27-24(17-7-3-2-4-8-17)23-20-9-5-6-10-21(20)28-25(23)31;/h2-14,27H,15-16,26H2,1H3,(H,28,31);1H. The van der Waals surface area contributed by atoms with E-state index in [1.807, 2.05) is 78.9 Å². The van der Waals surface area contributed by atoms with Gasteiger partial charge in [-0.1, -0.05) is 48.5 Å². The van der Waals surface area contributed by atoms with E-state index in [2.05, 4.69) is 10.6 Å². The van der Waals surface area contributed by atoms with Crippen LogP contribution in [0.3, 0.4) is 0 Å². The van der Waals surface area contributed by atoms with Gasteiger partial charge in [-0.15, -0.1) is 12.4 Å². The minimum absolute atomic E-state index is 0. The molecule has 0 unspecified atom stereocenters. The third kappa shape index (κ3) is 4.66. The number of hydrogen-bond acceptors (Lipinski definition) is 4. The molecule has 2 amide bonds. The van der Waals surface area contributed by atoms with Gasteiger partial charge in [-0.25, -0.2) is 0 Å². The molecule has 0 saturated carbocycles. The van der Waals surface area contributed by atoms with Gasteiger partial charge < -0.3 is 21.3 Å². The van der Waals surface area contributed by atoms with E-state index < -0.39 is 0 Å². The minimum Gasteiger partial charge on any atom is -0.354 e. The van der Waals surface area contributed by atoms with Gasteiger partial charge >= 0.3 is 0 Å². The Hall–Kier alpha value is -3.61. The van der Waals surface area contributed by atoms with Gasteiger partial charge in [-0.05, 0) is 35.9 Å². The number of nitrogens with zero attached hydrogens (tertiary/aromatic N) is 1. The van der Waals surface area contributed by atoms with Crippen LogP contribution in [-0.2, 0) is 9.59 Å². The number of carbonyl (C=O) groups is 2. The number of nitrogens with one attached hydrogen (secondary N) is 2. The number of rotatable bonds is 6. The average Bonchev–Trinajstić information content (AvgIpc) is 3.13. The Balaban J connectivity index is 0.00000289. The molecule has 3 aromatic carbocycles. The van der Waals surface area contributed by atoms with Crippen LogP contribution in [0.1, 0.15) is 17.5 Å². The lowest BCUT2D eigenvalue weighted by molar-refractivity contribution is -0.118. The van der Waals surface area contributed by atoms with Crippen molar-refractivity contribution in [3.05, 3.63) is 90.0 Å². The Morgan fingerprint density at radius 1 is 0.969 bits per heavy atom. The highest BCUT2D eigenvalue weighted by Crippen LogP contribution is 2.37. The zero-order chi connectivity index (χ0) is 21.8. The number of anilines is 3. The molecule has 32 heavy (non-hydrogen) atoms. The van der Waals surface area contributed by atoms with Gasteiger partial charge in [0.2, 0.25) is 5.91 Å². The van der Waals surface area contributed by atoms with Crippen molar-refractivity contribution in [3.63, 3.8) is 0 Å². The molecular weight excluding hydrogens is 424 g/mol. The summed E-state index contributed by atoms with van der Waals surface area (Å²) in [6, 6.07) is 24.9. The topological polar surface area (TPSA) is 87.5 Å². The lowest BCUT2D eigenvalue weighted by Gasteiger charge is -2.19. The normalized spacial score (nSPS) is 13.5. The lowest BCUT2D eigenvalue weighted by Crippen LogP contribution is -2.27. The molecule has 1 aliphatic heterocycles. The van der Waals surface area contributed by atoms with E-state index >= 15 is 0 Å². The SMILES string of the molecule is CN(C(=O)CCN)c1ccc(NC(=C2C(=O)Nc3ccccc32)c2ccccc2)cc1.Cl. The van der Waals surface area contributed by atoms with Gasteiger partial charge in [0.25, 0.3) is 5.91 Å². The second kappa shape index (κ2) is 10.1. The van der Waals surface area contributed by atoms with E-state index in [1.54, 1.807) is 11.9 Å². The van der Waals surface area contributed by atoms with Crippen LogP contribution < -0.4 is 21.3 Å². The Morgan fingerprint density at radius 3 is 2.31 bits per heavy atom. The predicted molar refractivity (Wildman–Crippen MR) is 133 cm³/mol. The van der Waals surface area contributed by atoms with E-state index in [1.165, 1.54) is 0 Å². The van der Waals surface area contributed by atoms with Crippen molar-refractivity contribution in [2.45, 2.75) is 6.42 Å². The van der Waals surface area contributed by atoms with Crippen LogP contribution in [0.4, 0.5) is 17.1 Å². The second-order valence-electron chi connectivity index (χ2n) is 7.28. The van der Waals surface area contributed by atoms with Crippen LogP contribution in [0.15, 0.2) is 78.9 Å². The number of benzene rings is 3. The second-order valence-corrected chi connectivity index (χ2v) is 7.28. The first-order chi connectivity index (χ1) is 15.1. The molecule has 0 bridgehead atoms. The molecule has 0 radical (unpaired) electrons. The summed E-state index contributed by atoms with van der Waals surface area (Å²) in [4.78, 5) is 26.5. The lowest BCUT2D eigenvalue weighted by atomic mass is 10.00. The molecule has 0 aromatic heterocycles. The molecule has 3 aromatic rings. The van der Waals surface area contributed by atoms with Gasteiger partial charge in [0, 0.05) is 42.6 Å². The number of para-hydroxylation sites is 1. The monoisotopic (exact) mass is 448 g/mol. The number of carbonyl (C=O) groups excluding carboxylic acids is 2. The summed E-state index contributed by atoms with van der Waals surface area (Å²) in [6.07, 6.45) is 0.301. The van der Waals surface area contributed by atoms with E-state index in [0.717, 1.165) is 33.9 Å². The molecule has 7 heteroatoms. The van der Waals surface area contributed by atoms with Crippen LogP contribution in [0.2, 0.25) is 0 Å². The largest absolute Gasteiger partial charge is 0.354 e. The smallest absolute Gasteiger partial charge is 0.258 e. The zero-order valence-corrected chi connectivity index (χ0v) is 18.5. The fourth-order valence-electron chi connectivity index (χ4n) is 3.60. The van der Waals surface area contributed by atoms with Crippen molar-refractivity contribution in [2.75, 3.05) is 29.1 Å². The molecule has 4 rings (SSSR count). The van der Waals surface area contributed by atoms with E-state index in [9.17, 15) is 9.59 Å². The maximum atomic E-state index is 12.9. The highest BCUT2D eigenvalue weighted by atomic mass is 35.5. The molecule has 4 N–H and O–H groups in total. The van der Waals surface area contributed by atoms with Crippen LogP contribution in [0.5, 0.6) is 0 Å². The number of amides is 2. The van der Waals surface area contributed by atoms with Gasteiger partial charge in [0.15, 0.2) is 0 Å². The van der Waals surface area contributed by atoms with E-state index in [-0.39, 0.29) is 24.2 Å². The van der Waals surface area contributed by atoms with Gasteiger partial charge in [0.05, 0.1) is 11.3 Å². The fraction of sp³-hybridized carbons (Fsp3) is 0.120. The zero-order valence-electron chi connectivity index (χ0n) is 17.7. The summed E-state index contributed by atoms with van der Waals surface area (Å²) in [5.41, 5.74) is 11.0. The molecule has 6 nitrogen and oxygen atoms in total. The molecule has 0 atom stereocenters. The summed E-state index contributed by atoms with van der Waals surface area (Å²) in [5, 5.41) is 6.37. The quantitative estimate of drug-likeness (QED) is 0.489. The first-order valence-corrected chi connectivity index (χ1v) is 10.1. The molecule has 164 valence electrons. The number of halogens is 1. The summed E-state index contributed by atoms with van der Waals surface area (Å²) in [7, 11) is 1.73. The Bertz CT molecular complexity index is 1140. The summed E-state index contributed by atoms with van der Waals surface area (Å²) < 4.78 is 0. The highest BCUT2D eigenvalue weighted by Gasteiger charge is 2.28. The van der Waals surface area contributed by atoms with Gasteiger partial charge in [-0.2, -0.15) is 0 Å². The first kappa shape index (κ1) is 23.1. The number of hydrogen-bond donors (Lipinski definition) is 3. The van der Waals surface area contributed by atoms with Crippen LogP contribution in [0, 0.1) is 0 Å². The van der Waals surface area contributed by atoms with Crippen LogP contribution in [-0.4, -0.2) is 25.4 Å². The maximum Gasteiger partial charge on any atom is 0.258 e. The molecular formula is C25H25ClN4O2. The van der Waals surface area contributed by atoms with Gasteiger partial charge in [0.1, 0.15) is 0 Å². The number of nitrogens with two attached hydrogens (primary N) is 1. The Morgan fingerprint density at radius 2 is 1.62 bits per heavy atom. The molecule has 1 heterocycles. The summed E-state index contributed by atoms with van der Waals surface area (Å²) in [5.74, 6) is -0.175. The van der Waals surface area contributed by atoms with Crippen molar-refractivity contribution in [1.82, 2.24) is 0 Å². The average molecular weight is 449 g/mol. The van der Waals surface area contributed by atoms with E-state index in [4.69, 9.17) is 5.73 Å². The van der Waals surface area contributed by atoms with Crippen molar-refractivity contribution >= 4 is 52.6 Å². The van der Waals surface area contributed by atoms with Crippen molar-refractivity contribution in [1.29, 1.82) is 0 Å². The molecule has 1 aliphatic rings. The summed E-state index contributed by atoms with van der Waals surface area (Å²) in [6.45, 7) is 0.320. The van der Waals surface area contributed by atoms with Gasteiger partial charge in [-0.3, -0.25) is 9.59 Å². The third-order valence-electron chi connectivity index (χ3n) is 5.24. The number of fused-ring (bicyclic) bond motifs is 1. The van der Waals surface area contributed by atoms with E-state index in [0.29, 0.717) is 18.5 Å². The minimum atomic E-state index is -0.142. The Labute approximate surface area is 193 Å². The van der Waals surface area contributed by atoms with Crippen molar-refractivity contribution in [2.24, 2.45) is 5.73 Å². The van der Waals surface area contributed by atoms with Crippen molar-refractivity contribution < 1.29 is 9.59 Å². The fourth-order valence-corrected chi connectivity index (χ4v) is 3.60. The van der Waals surface area contributed by atoms with Crippen LogP contribution >= 0.6 is 12.4 Å². The summed E-state index contributed by atoms with van der Waals surface area (Å²) >= 11 is 0. The van der Waals surface area contributed by atoms with Crippen LogP contribution in [0.25, 0.3) is 11.3 Å². The highest BCUT2D eigenvalue weighted by molar-refractivity contribution is 6.37. The molecule has 0 fully saturated rings. The third-order valence-corrected chi connectivity index (χ3v) is 5.24. The van der Waals surface area contributed by atoms with Crippen molar-refractivity contribution in [3.8, 4) is 0 Å². The predicted octanol–water partition coefficient (Wildman–Crippen LogP) is 4.35.